The van der Waals surface area contributed by atoms with E-state index in [4.69, 9.17) is 0 Å². The van der Waals surface area contributed by atoms with Crippen molar-refractivity contribution in [2.24, 2.45) is 0 Å². The molecular weight excluding hydrogens is 442 g/mol. The molecule has 0 atom stereocenters. The van der Waals surface area contributed by atoms with Gasteiger partial charge in [0, 0.05) is 42.2 Å². The molecule has 5 rings (SSSR count). The highest BCUT2D eigenvalue weighted by Gasteiger charge is 2.30. The molecule has 176 valence electrons. The van der Waals surface area contributed by atoms with E-state index in [0.29, 0.717) is 29.1 Å². The summed E-state index contributed by atoms with van der Waals surface area (Å²) >= 11 is 0. The van der Waals surface area contributed by atoms with Gasteiger partial charge < -0.3 is 15.7 Å². The number of hydrogen-bond acceptors (Lipinski definition) is 5. The smallest absolute Gasteiger partial charge is 0.342 e. The number of nitrogens with zero attached hydrogens (tertiary/aromatic N) is 3. The first-order chi connectivity index (χ1) is 17.0. The summed E-state index contributed by atoms with van der Waals surface area (Å²) in [5.74, 6) is -0.0848. The van der Waals surface area contributed by atoms with Gasteiger partial charge in [-0.15, -0.1) is 0 Å². The Morgan fingerprint density at radius 1 is 1.09 bits per heavy atom. The lowest BCUT2D eigenvalue weighted by molar-refractivity contribution is 0.102. The van der Waals surface area contributed by atoms with E-state index < -0.39 is 0 Å². The number of aromatic nitrogens is 3. The predicted octanol–water partition coefficient (Wildman–Crippen LogP) is 4.85. The fourth-order valence-corrected chi connectivity index (χ4v) is 3.84. The average molecular weight is 468 g/mol. The van der Waals surface area contributed by atoms with Crippen LogP contribution in [0.25, 0.3) is 11.3 Å². The number of anilines is 1. The molecule has 8 nitrogen and oxygen atoms in total. The highest BCUT2D eigenvalue weighted by Crippen LogP contribution is 2.42. The van der Waals surface area contributed by atoms with E-state index in [1.54, 1.807) is 30.5 Å². The number of carbonyl (C=O) groups is 2. The Hall–Kier alpha value is -4.46. The summed E-state index contributed by atoms with van der Waals surface area (Å²) in [5, 5.41) is 20.9. The molecule has 1 aliphatic rings. The van der Waals surface area contributed by atoms with Crippen LogP contribution in [0.2, 0.25) is 0 Å². The van der Waals surface area contributed by atoms with Gasteiger partial charge in [-0.3, -0.25) is 9.78 Å². The number of rotatable bonds is 6. The minimum Gasteiger partial charge on any atom is -0.507 e. The molecule has 2 heterocycles. The lowest BCUT2D eigenvalue weighted by Gasteiger charge is -2.09. The first-order valence-electron chi connectivity index (χ1n) is 11.5. The Morgan fingerprint density at radius 3 is 2.57 bits per heavy atom. The van der Waals surface area contributed by atoms with E-state index in [1.165, 1.54) is 16.9 Å². The largest absolute Gasteiger partial charge is 0.507 e. The lowest BCUT2D eigenvalue weighted by atomic mass is 10.1. The molecule has 2 amide bonds. The third-order valence-corrected chi connectivity index (χ3v) is 5.94. The third kappa shape index (κ3) is 5.06. The third-order valence-electron chi connectivity index (χ3n) is 5.94. The Balaban J connectivity index is 1.34. The van der Waals surface area contributed by atoms with Crippen molar-refractivity contribution in [3.8, 4) is 17.0 Å². The number of benzene rings is 2. The van der Waals surface area contributed by atoms with Crippen molar-refractivity contribution >= 4 is 17.6 Å². The first-order valence-corrected chi connectivity index (χ1v) is 11.5. The molecule has 0 bridgehead atoms. The van der Waals surface area contributed by atoms with Crippen LogP contribution >= 0.6 is 0 Å². The maximum atomic E-state index is 13.0. The van der Waals surface area contributed by atoms with E-state index in [2.05, 4.69) is 20.7 Å². The maximum Gasteiger partial charge on any atom is 0.342 e. The lowest BCUT2D eigenvalue weighted by Crippen LogP contribution is -2.30. The van der Waals surface area contributed by atoms with Gasteiger partial charge in [0.15, 0.2) is 0 Å². The number of pyridine rings is 1. The van der Waals surface area contributed by atoms with Crippen LogP contribution in [-0.4, -0.2) is 31.8 Å². The van der Waals surface area contributed by atoms with Crippen LogP contribution in [-0.2, 0) is 6.54 Å². The molecule has 0 aliphatic heterocycles. The van der Waals surface area contributed by atoms with Crippen molar-refractivity contribution in [3.63, 3.8) is 0 Å². The molecule has 1 fully saturated rings. The number of amides is 2. The molecule has 2 aromatic heterocycles. The summed E-state index contributed by atoms with van der Waals surface area (Å²) in [6.45, 7) is 2.42. The number of hydrogen-bond donors (Lipinski definition) is 3. The molecule has 0 saturated heterocycles. The minimum absolute atomic E-state index is 0.0407. The molecular formula is C27H25N5O3. The van der Waals surface area contributed by atoms with Gasteiger partial charge in [-0.25, -0.2) is 4.79 Å². The van der Waals surface area contributed by atoms with Gasteiger partial charge in [0.2, 0.25) is 0 Å². The summed E-state index contributed by atoms with van der Waals surface area (Å²) < 4.78 is 1.40. The first kappa shape index (κ1) is 22.3. The number of aromatic hydroxyl groups is 1. The highest BCUT2D eigenvalue weighted by atomic mass is 16.3. The maximum absolute atomic E-state index is 13.0. The molecule has 0 radical (unpaired) electrons. The van der Waals surface area contributed by atoms with Gasteiger partial charge in [0.25, 0.3) is 5.91 Å². The Labute approximate surface area is 202 Å². The van der Waals surface area contributed by atoms with Crippen LogP contribution in [0.15, 0.2) is 73.1 Å². The summed E-state index contributed by atoms with van der Waals surface area (Å²) in [6, 6.07) is 17.7. The topological polar surface area (TPSA) is 109 Å². The van der Waals surface area contributed by atoms with Crippen molar-refractivity contribution in [1.82, 2.24) is 20.1 Å². The zero-order valence-corrected chi connectivity index (χ0v) is 19.2. The molecule has 4 aromatic rings. The average Bonchev–Trinajstić information content (AvgIpc) is 3.62. The van der Waals surface area contributed by atoms with Crippen LogP contribution in [0.5, 0.6) is 5.75 Å². The second kappa shape index (κ2) is 9.42. The van der Waals surface area contributed by atoms with Crippen LogP contribution in [0, 0.1) is 6.92 Å². The predicted molar refractivity (Wildman–Crippen MR) is 132 cm³/mol. The Kier molecular flexibility index (Phi) is 6.01. The fraction of sp³-hybridized carbons (Fsp3) is 0.185. The molecule has 1 saturated carbocycles. The zero-order chi connectivity index (χ0) is 24.4. The molecule has 8 heteroatoms. The quantitative estimate of drug-likeness (QED) is 0.376. The molecule has 1 aliphatic carbocycles. The van der Waals surface area contributed by atoms with Crippen molar-refractivity contribution in [2.45, 2.75) is 32.2 Å². The van der Waals surface area contributed by atoms with Gasteiger partial charge in [-0.1, -0.05) is 29.8 Å². The zero-order valence-electron chi connectivity index (χ0n) is 19.2. The highest BCUT2D eigenvalue weighted by molar-refractivity contribution is 6.04. The molecule has 35 heavy (non-hydrogen) atoms. The van der Waals surface area contributed by atoms with Gasteiger partial charge in [0.05, 0.1) is 17.0 Å². The molecule has 0 spiro atoms. The van der Waals surface area contributed by atoms with Crippen LogP contribution in [0.1, 0.15) is 45.9 Å². The number of aryl methyl sites for hydroxylation is 1. The van der Waals surface area contributed by atoms with Gasteiger partial charge in [0.1, 0.15) is 5.75 Å². The van der Waals surface area contributed by atoms with Crippen molar-refractivity contribution < 1.29 is 14.7 Å². The number of nitrogens with one attached hydrogen (secondary N) is 2. The van der Waals surface area contributed by atoms with Gasteiger partial charge in [-0.2, -0.15) is 9.78 Å². The van der Waals surface area contributed by atoms with Crippen LogP contribution in [0.3, 0.4) is 0 Å². The second-order valence-electron chi connectivity index (χ2n) is 8.71. The second-order valence-corrected chi connectivity index (χ2v) is 8.71. The fourth-order valence-electron chi connectivity index (χ4n) is 3.84. The van der Waals surface area contributed by atoms with E-state index in [-0.39, 0.29) is 23.6 Å². The van der Waals surface area contributed by atoms with E-state index in [0.717, 1.165) is 29.7 Å². The Bertz CT molecular complexity index is 1380. The van der Waals surface area contributed by atoms with E-state index >= 15 is 0 Å². The number of phenolic OH excluding ortho intramolecular Hbond substituents is 1. The number of carbonyl (C=O) groups excluding carboxylic acids is 2. The SMILES string of the molecule is Cc1ccc(CNC(=O)n2nc(-c3ccc(NC(=O)c4cccnc4)cc3O)cc2C2CC2)cc1. The van der Waals surface area contributed by atoms with Crippen LogP contribution in [0.4, 0.5) is 10.5 Å². The van der Waals surface area contributed by atoms with E-state index in [9.17, 15) is 14.7 Å². The molecule has 2 aromatic carbocycles. The minimum atomic E-state index is -0.323. The summed E-state index contributed by atoms with van der Waals surface area (Å²) in [5.41, 5.74) is 4.84. The molecule has 3 N–H and O–H groups in total. The standard InChI is InChI=1S/C27H25N5O3/c1-17-4-6-18(7-5-17)15-29-27(35)32-24(19-8-9-19)14-23(31-32)22-11-10-21(13-25(22)33)30-26(34)20-3-2-12-28-16-20/h2-7,10-14,16,19,33H,8-9,15H2,1H3,(H,29,35)(H,30,34). The van der Waals surface area contributed by atoms with E-state index in [1.807, 2.05) is 37.3 Å². The van der Waals surface area contributed by atoms with Crippen molar-refractivity contribution in [3.05, 3.63) is 95.4 Å². The summed E-state index contributed by atoms with van der Waals surface area (Å²) in [6.07, 6.45) is 5.07. The summed E-state index contributed by atoms with van der Waals surface area (Å²) in [4.78, 5) is 29.3. The van der Waals surface area contributed by atoms with Gasteiger partial charge >= 0.3 is 6.03 Å². The molecule has 0 unspecified atom stereocenters. The number of phenols is 1. The van der Waals surface area contributed by atoms with Crippen molar-refractivity contribution in [1.29, 1.82) is 0 Å². The summed E-state index contributed by atoms with van der Waals surface area (Å²) in [7, 11) is 0. The van der Waals surface area contributed by atoms with Crippen LogP contribution < -0.4 is 10.6 Å². The monoisotopic (exact) mass is 467 g/mol. The van der Waals surface area contributed by atoms with Gasteiger partial charge in [-0.05, 0) is 55.7 Å². The van der Waals surface area contributed by atoms with Crippen molar-refractivity contribution in [2.75, 3.05) is 5.32 Å². The normalized spacial score (nSPS) is 12.8. The Morgan fingerprint density at radius 2 is 1.89 bits per heavy atom.